The van der Waals surface area contributed by atoms with Gasteiger partial charge in [-0.05, 0) is 30.5 Å². The van der Waals surface area contributed by atoms with Crippen molar-refractivity contribution >= 4 is 17.4 Å². The van der Waals surface area contributed by atoms with Crippen LogP contribution < -0.4 is 5.32 Å². The maximum Gasteiger partial charge on any atom is 0.244 e. The Morgan fingerprint density at radius 3 is 2.59 bits per heavy atom. The van der Waals surface area contributed by atoms with E-state index in [1.807, 2.05) is 39.9 Å². The number of nitrogens with one attached hydrogen (secondary N) is 1. The molecule has 2 heterocycles. The van der Waals surface area contributed by atoms with Crippen LogP contribution in [0, 0.1) is 0 Å². The summed E-state index contributed by atoms with van der Waals surface area (Å²) in [6.07, 6.45) is 1.89. The first kappa shape index (κ1) is 17.9. The molecule has 2 aromatic carbocycles. The quantitative estimate of drug-likeness (QED) is 0.745. The number of carbonyl (C=O) groups is 1. The smallest absolute Gasteiger partial charge is 0.244 e. The average Bonchev–Trinajstić information content (AvgIpc) is 3.12. The van der Waals surface area contributed by atoms with Gasteiger partial charge in [-0.2, -0.15) is 5.10 Å². The number of fused-ring (bicyclic) bond motifs is 3. The molecule has 3 aromatic rings. The third kappa shape index (κ3) is 3.51. The highest BCUT2D eigenvalue weighted by Gasteiger charge is 2.27. The minimum absolute atomic E-state index is 0.0811. The zero-order chi connectivity index (χ0) is 19.6. The Labute approximate surface area is 170 Å². The second kappa shape index (κ2) is 7.72. The monoisotopic (exact) mass is 388 g/mol. The van der Waals surface area contributed by atoms with Crippen LogP contribution in [0.2, 0.25) is 0 Å². The number of rotatable bonds is 4. The number of carbonyl (C=O) groups excluding carboxylic acids is 1. The molecule has 1 saturated heterocycles. The third-order valence-electron chi connectivity index (χ3n) is 5.65. The van der Waals surface area contributed by atoms with E-state index < -0.39 is 0 Å². The van der Waals surface area contributed by atoms with Crippen LogP contribution >= 0.6 is 0 Å². The van der Waals surface area contributed by atoms with E-state index in [-0.39, 0.29) is 12.5 Å². The lowest BCUT2D eigenvalue weighted by Crippen LogP contribution is -2.42. The van der Waals surface area contributed by atoms with Crippen molar-refractivity contribution in [3.8, 4) is 11.3 Å². The van der Waals surface area contributed by atoms with E-state index in [0.717, 1.165) is 30.0 Å². The summed E-state index contributed by atoms with van der Waals surface area (Å²) in [5.74, 6) is 1.000. The number of ether oxygens (including phenoxy) is 1. The van der Waals surface area contributed by atoms with Crippen LogP contribution in [0.1, 0.15) is 11.1 Å². The standard InChI is InChI=1S/C23H24N4O2/c28-21(26-12-14-29-15-13-26)16-27-23(24-18-7-2-1-3-8-18)20-11-10-17-6-4-5-9-19(17)22(20)25-27/h1-9,24H,10-16H2. The van der Waals surface area contributed by atoms with Gasteiger partial charge in [0.25, 0.3) is 0 Å². The Balaban J connectivity index is 1.52. The summed E-state index contributed by atoms with van der Waals surface area (Å²) < 4.78 is 7.22. The lowest BCUT2D eigenvalue weighted by atomic mass is 9.90. The summed E-state index contributed by atoms with van der Waals surface area (Å²) in [5, 5.41) is 8.42. The number of hydrogen-bond acceptors (Lipinski definition) is 4. The van der Waals surface area contributed by atoms with Crippen molar-refractivity contribution in [2.45, 2.75) is 19.4 Å². The van der Waals surface area contributed by atoms with Crippen LogP contribution in [0.25, 0.3) is 11.3 Å². The predicted molar refractivity (Wildman–Crippen MR) is 112 cm³/mol. The number of anilines is 2. The van der Waals surface area contributed by atoms with Gasteiger partial charge < -0.3 is 15.0 Å². The lowest BCUT2D eigenvalue weighted by molar-refractivity contribution is -0.136. The number of nitrogens with zero attached hydrogens (tertiary/aromatic N) is 3. The number of benzene rings is 2. The molecule has 1 aliphatic carbocycles. The molecular weight excluding hydrogens is 364 g/mol. The molecule has 0 radical (unpaired) electrons. The van der Waals surface area contributed by atoms with Gasteiger partial charge >= 0.3 is 0 Å². The number of hydrogen-bond donors (Lipinski definition) is 1. The van der Waals surface area contributed by atoms with E-state index in [2.05, 4.69) is 29.6 Å². The molecule has 148 valence electrons. The van der Waals surface area contributed by atoms with Crippen LogP contribution in [-0.2, 0) is 28.9 Å². The van der Waals surface area contributed by atoms with Gasteiger partial charge in [-0.15, -0.1) is 0 Å². The molecule has 0 atom stereocenters. The van der Waals surface area contributed by atoms with Crippen molar-refractivity contribution in [2.24, 2.45) is 0 Å². The fourth-order valence-corrected chi connectivity index (χ4v) is 4.13. The Hall–Kier alpha value is -3.12. The first-order valence-corrected chi connectivity index (χ1v) is 10.1. The van der Waals surface area contributed by atoms with E-state index >= 15 is 0 Å². The zero-order valence-electron chi connectivity index (χ0n) is 16.3. The van der Waals surface area contributed by atoms with Gasteiger partial charge in [0.1, 0.15) is 12.4 Å². The van der Waals surface area contributed by atoms with Crippen molar-refractivity contribution in [1.82, 2.24) is 14.7 Å². The summed E-state index contributed by atoms with van der Waals surface area (Å²) in [5.41, 5.74) is 5.65. The molecule has 1 aliphatic heterocycles. The molecular formula is C23H24N4O2. The minimum atomic E-state index is 0.0811. The van der Waals surface area contributed by atoms with Crippen molar-refractivity contribution in [3.05, 3.63) is 65.7 Å². The molecule has 1 aromatic heterocycles. The van der Waals surface area contributed by atoms with Crippen LogP contribution in [-0.4, -0.2) is 46.9 Å². The Kier molecular flexibility index (Phi) is 4.77. The second-order valence-electron chi connectivity index (χ2n) is 7.47. The summed E-state index contributed by atoms with van der Waals surface area (Å²) in [7, 11) is 0. The normalized spacial score (nSPS) is 15.5. The molecule has 0 saturated carbocycles. The van der Waals surface area contributed by atoms with Gasteiger partial charge in [-0.3, -0.25) is 4.79 Å². The number of aromatic nitrogens is 2. The van der Waals surface area contributed by atoms with E-state index in [4.69, 9.17) is 9.84 Å². The summed E-state index contributed by atoms with van der Waals surface area (Å²) in [6, 6.07) is 18.5. The van der Waals surface area contributed by atoms with Crippen LogP contribution in [0.5, 0.6) is 0 Å². The van der Waals surface area contributed by atoms with Gasteiger partial charge in [0.15, 0.2) is 0 Å². The molecule has 5 rings (SSSR count). The van der Waals surface area contributed by atoms with Gasteiger partial charge in [-0.1, -0.05) is 42.5 Å². The lowest BCUT2D eigenvalue weighted by Gasteiger charge is -2.27. The van der Waals surface area contributed by atoms with Gasteiger partial charge in [0.05, 0.1) is 18.9 Å². The van der Waals surface area contributed by atoms with Crippen LogP contribution in [0.15, 0.2) is 54.6 Å². The average molecular weight is 388 g/mol. The highest BCUT2D eigenvalue weighted by Crippen LogP contribution is 2.37. The number of para-hydroxylation sites is 1. The van der Waals surface area contributed by atoms with E-state index in [1.54, 1.807) is 0 Å². The fraction of sp³-hybridized carbons (Fsp3) is 0.304. The van der Waals surface area contributed by atoms with E-state index in [0.29, 0.717) is 26.3 Å². The number of amides is 1. The second-order valence-corrected chi connectivity index (χ2v) is 7.47. The first-order valence-electron chi connectivity index (χ1n) is 10.1. The largest absolute Gasteiger partial charge is 0.378 e. The van der Waals surface area contributed by atoms with E-state index in [1.165, 1.54) is 16.7 Å². The molecule has 6 heteroatoms. The summed E-state index contributed by atoms with van der Waals surface area (Å²) >= 11 is 0. The van der Waals surface area contributed by atoms with Crippen LogP contribution in [0.4, 0.5) is 11.5 Å². The molecule has 6 nitrogen and oxygen atoms in total. The zero-order valence-corrected chi connectivity index (χ0v) is 16.3. The Morgan fingerprint density at radius 2 is 1.76 bits per heavy atom. The maximum absolute atomic E-state index is 12.9. The molecule has 0 unspecified atom stereocenters. The summed E-state index contributed by atoms with van der Waals surface area (Å²) in [4.78, 5) is 14.8. The molecule has 2 aliphatic rings. The maximum atomic E-state index is 12.9. The van der Waals surface area contributed by atoms with Crippen LogP contribution in [0.3, 0.4) is 0 Å². The molecule has 1 amide bonds. The van der Waals surface area contributed by atoms with Gasteiger partial charge in [-0.25, -0.2) is 4.68 Å². The number of aryl methyl sites for hydroxylation is 1. The first-order chi connectivity index (χ1) is 14.3. The SMILES string of the molecule is O=C(Cn1nc2c(c1Nc1ccccc1)CCc1ccccc1-2)N1CCOCC1. The molecule has 1 fully saturated rings. The molecule has 0 spiro atoms. The molecule has 0 bridgehead atoms. The van der Waals surface area contributed by atoms with Crippen molar-refractivity contribution in [3.63, 3.8) is 0 Å². The topological polar surface area (TPSA) is 59.4 Å². The highest BCUT2D eigenvalue weighted by atomic mass is 16.5. The minimum Gasteiger partial charge on any atom is -0.378 e. The Bertz CT molecular complexity index is 1020. The number of morpholine rings is 1. The fourth-order valence-electron chi connectivity index (χ4n) is 4.13. The summed E-state index contributed by atoms with van der Waals surface area (Å²) in [6.45, 7) is 2.71. The van der Waals surface area contributed by atoms with Gasteiger partial charge in [0, 0.05) is 29.9 Å². The Morgan fingerprint density at radius 1 is 1.00 bits per heavy atom. The molecule has 29 heavy (non-hydrogen) atoms. The van der Waals surface area contributed by atoms with Crippen molar-refractivity contribution in [2.75, 3.05) is 31.6 Å². The predicted octanol–water partition coefficient (Wildman–Crippen LogP) is 3.25. The third-order valence-corrected chi connectivity index (χ3v) is 5.65. The highest BCUT2D eigenvalue weighted by molar-refractivity contribution is 5.80. The molecule has 1 N–H and O–H groups in total. The van der Waals surface area contributed by atoms with Crippen molar-refractivity contribution < 1.29 is 9.53 Å². The van der Waals surface area contributed by atoms with Crippen molar-refractivity contribution in [1.29, 1.82) is 0 Å². The van der Waals surface area contributed by atoms with E-state index in [9.17, 15) is 4.79 Å². The van der Waals surface area contributed by atoms with Gasteiger partial charge in [0.2, 0.25) is 5.91 Å².